The van der Waals surface area contributed by atoms with Crippen molar-refractivity contribution in [3.8, 4) is 5.88 Å². The lowest BCUT2D eigenvalue weighted by Gasteiger charge is -2.07. The molecule has 1 rings (SSSR count). The van der Waals surface area contributed by atoms with Gasteiger partial charge in [0.25, 0.3) is 0 Å². The molecule has 0 N–H and O–H groups in total. The topological polar surface area (TPSA) is 22.1 Å². The molecule has 0 unspecified atom stereocenters. The van der Waals surface area contributed by atoms with Crippen molar-refractivity contribution in [1.82, 2.24) is 4.98 Å². The first-order valence-corrected chi connectivity index (χ1v) is 4.95. The molecule has 1 heterocycles. The molecule has 1 aromatic heterocycles. The molecule has 0 bridgehead atoms. The first-order chi connectivity index (χ1) is 6.38. The van der Waals surface area contributed by atoms with Gasteiger partial charge in [-0.3, -0.25) is 0 Å². The van der Waals surface area contributed by atoms with Crippen molar-refractivity contribution in [2.24, 2.45) is 0 Å². The Morgan fingerprint density at radius 2 is 2.23 bits per heavy atom. The molecule has 2 nitrogen and oxygen atoms in total. The maximum atomic E-state index is 5.42. The van der Waals surface area contributed by atoms with E-state index in [-0.39, 0.29) is 0 Å². The minimum Gasteiger partial charge on any atom is -0.478 e. The predicted molar refractivity (Wildman–Crippen MR) is 54.0 cm³/mol. The maximum Gasteiger partial charge on any atom is 0.216 e. The van der Waals surface area contributed by atoms with Crippen LogP contribution in [-0.2, 0) is 6.42 Å². The Kier molecular flexibility index (Phi) is 4.30. The van der Waals surface area contributed by atoms with Gasteiger partial charge in [0.2, 0.25) is 5.88 Å². The number of ether oxygens (including phenoxy) is 1. The van der Waals surface area contributed by atoms with Gasteiger partial charge in [-0.2, -0.15) is 0 Å². The zero-order valence-corrected chi connectivity index (χ0v) is 8.42. The SMILES string of the molecule is CCCCc1cccnc1OCC. The van der Waals surface area contributed by atoms with Crippen molar-refractivity contribution in [1.29, 1.82) is 0 Å². The van der Waals surface area contributed by atoms with Gasteiger partial charge in [0.15, 0.2) is 0 Å². The quantitative estimate of drug-likeness (QED) is 0.693. The first-order valence-electron chi connectivity index (χ1n) is 4.95. The molecular weight excluding hydrogens is 162 g/mol. The van der Waals surface area contributed by atoms with Crippen LogP contribution in [0.25, 0.3) is 0 Å². The molecule has 0 saturated heterocycles. The Bertz CT molecular complexity index is 248. The standard InChI is InChI=1S/C11H17NO/c1-3-5-7-10-8-6-9-12-11(10)13-4-2/h6,8-9H,3-5,7H2,1-2H3. The van der Waals surface area contributed by atoms with E-state index in [0.29, 0.717) is 6.61 Å². The molecule has 0 aliphatic rings. The zero-order valence-electron chi connectivity index (χ0n) is 8.42. The maximum absolute atomic E-state index is 5.42. The van der Waals surface area contributed by atoms with E-state index in [2.05, 4.69) is 18.0 Å². The van der Waals surface area contributed by atoms with E-state index in [9.17, 15) is 0 Å². The van der Waals surface area contributed by atoms with Gasteiger partial charge < -0.3 is 4.74 Å². The second-order valence-electron chi connectivity index (χ2n) is 3.00. The second kappa shape index (κ2) is 5.57. The van der Waals surface area contributed by atoms with Gasteiger partial charge in [0, 0.05) is 11.8 Å². The molecule has 0 aliphatic heterocycles. The first kappa shape index (κ1) is 10.0. The van der Waals surface area contributed by atoms with E-state index in [0.717, 1.165) is 12.3 Å². The molecule has 0 amide bonds. The van der Waals surface area contributed by atoms with Crippen molar-refractivity contribution >= 4 is 0 Å². The molecular formula is C11H17NO. The summed E-state index contributed by atoms with van der Waals surface area (Å²) in [7, 11) is 0. The van der Waals surface area contributed by atoms with Gasteiger partial charge in [0.1, 0.15) is 0 Å². The lowest BCUT2D eigenvalue weighted by molar-refractivity contribution is 0.322. The number of nitrogens with zero attached hydrogens (tertiary/aromatic N) is 1. The Labute approximate surface area is 80.0 Å². The van der Waals surface area contributed by atoms with E-state index in [1.54, 1.807) is 6.20 Å². The second-order valence-corrected chi connectivity index (χ2v) is 3.00. The lowest BCUT2D eigenvalue weighted by atomic mass is 10.1. The number of rotatable bonds is 5. The molecule has 0 atom stereocenters. The van der Waals surface area contributed by atoms with Gasteiger partial charge in [-0.1, -0.05) is 19.4 Å². The van der Waals surface area contributed by atoms with Crippen LogP contribution in [0.1, 0.15) is 32.3 Å². The number of aryl methyl sites for hydroxylation is 1. The van der Waals surface area contributed by atoms with Crippen LogP contribution in [0.15, 0.2) is 18.3 Å². The highest BCUT2D eigenvalue weighted by Crippen LogP contribution is 2.16. The van der Waals surface area contributed by atoms with E-state index in [1.807, 2.05) is 13.0 Å². The molecule has 0 saturated carbocycles. The van der Waals surface area contributed by atoms with Crippen molar-refractivity contribution in [2.45, 2.75) is 33.1 Å². The summed E-state index contributed by atoms with van der Waals surface area (Å²) in [6.45, 7) is 4.87. The van der Waals surface area contributed by atoms with Gasteiger partial charge in [0.05, 0.1) is 6.61 Å². The molecule has 0 fully saturated rings. The van der Waals surface area contributed by atoms with E-state index < -0.39 is 0 Å². The summed E-state index contributed by atoms with van der Waals surface area (Å²) in [6.07, 6.45) is 5.26. The summed E-state index contributed by atoms with van der Waals surface area (Å²) in [6, 6.07) is 4.06. The van der Waals surface area contributed by atoms with Gasteiger partial charge in [-0.25, -0.2) is 4.98 Å². The van der Waals surface area contributed by atoms with Crippen LogP contribution in [0.3, 0.4) is 0 Å². The summed E-state index contributed by atoms with van der Waals surface area (Å²) < 4.78 is 5.42. The summed E-state index contributed by atoms with van der Waals surface area (Å²) in [5.41, 5.74) is 1.23. The fraction of sp³-hybridized carbons (Fsp3) is 0.545. The summed E-state index contributed by atoms with van der Waals surface area (Å²) >= 11 is 0. The van der Waals surface area contributed by atoms with Crippen LogP contribution < -0.4 is 4.74 Å². The third-order valence-electron chi connectivity index (χ3n) is 1.93. The highest BCUT2D eigenvalue weighted by atomic mass is 16.5. The molecule has 0 radical (unpaired) electrons. The van der Waals surface area contributed by atoms with Crippen LogP contribution in [0.2, 0.25) is 0 Å². The Hall–Kier alpha value is -1.05. The summed E-state index contributed by atoms with van der Waals surface area (Å²) in [4.78, 5) is 4.20. The number of pyridine rings is 1. The molecule has 13 heavy (non-hydrogen) atoms. The molecule has 2 heteroatoms. The average Bonchev–Trinajstić information content (AvgIpc) is 2.17. The molecule has 72 valence electrons. The Morgan fingerprint density at radius 3 is 2.92 bits per heavy atom. The number of aromatic nitrogens is 1. The van der Waals surface area contributed by atoms with Gasteiger partial charge >= 0.3 is 0 Å². The van der Waals surface area contributed by atoms with Crippen LogP contribution in [0.4, 0.5) is 0 Å². The predicted octanol–water partition coefficient (Wildman–Crippen LogP) is 2.82. The van der Waals surface area contributed by atoms with E-state index >= 15 is 0 Å². The third-order valence-corrected chi connectivity index (χ3v) is 1.93. The number of hydrogen-bond donors (Lipinski definition) is 0. The van der Waals surface area contributed by atoms with Crippen LogP contribution in [-0.4, -0.2) is 11.6 Å². The fourth-order valence-electron chi connectivity index (χ4n) is 1.25. The molecule has 0 aliphatic carbocycles. The number of hydrogen-bond acceptors (Lipinski definition) is 2. The summed E-state index contributed by atoms with van der Waals surface area (Å²) in [5.74, 6) is 0.804. The van der Waals surface area contributed by atoms with Crippen LogP contribution >= 0.6 is 0 Å². The molecule has 0 aromatic carbocycles. The largest absolute Gasteiger partial charge is 0.478 e. The van der Waals surface area contributed by atoms with Crippen molar-refractivity contribution in [3.05, 3.63) is 23.9 Å². The monoisotopic (exact) mass is 179 g/mol. The van der Waals surface area contributed by atoms with Crippen LogP contribution in [0.5, 0.6) is 5.88 Å². The van der Waals surface area contributed by atoms with E-state index in [4.69, 9.17) is 4.74 Å². The lowest BCUT2D eigenvalue weighted by Crippen LogP contribution is -1.98. The fourth-order valence-corrected chi connectivity index (χ4v) is 1.25. The van der Waals surface area contributed by atoms with Gasteiger partial charge in [-0.15, -0.1) is 0 Å². The van der Waals surface area contributed by atoms with Crippen molar-refractivity contribution in [2.75, 3.05) is 6.61 Å². The number of unbranched alkanes of at least 4 members (excludes halogenated alkanes) is 1. The van der Waals surface area contributed by atoms with Crippen molar-refractivity contribution < 1.29 is 4.74 Å². The van der Waals surface area contributed by atoms with Crippen LogP contribution in [0, 0.1) is 0 Å². The minimum atomic E-state index is 0.691. The average molecular weight is 179 g/mol. The normalized spacial score (nSPS) is 10.0. The third kappa shape index (κ3) is 3.05. The zero-order chi connectivity index (χ0) is 9.52. The van der Waals surface area contributed by atoms with E-state index in [1.165, 1.54) is 18.4 Å². The smallest absolute Gasteiger partial charge is 0.216 e. The minimum absolute atomic E-state index is 0.691. The Morgan fingerprint density at radius 1 is 1.38 bits per heavy atom. The summed E-state index contributed by atoms with van der Waals surface area (Å²) in [5, 5.41) is 0. The highest BCUT2D eigenvalue weighted by molar-refractivity contribution is 5.25. The van der Waals surface area contributed by atoms with Crippen molar-refractivity contribution in [3.63, 3.8) is 0 Å². The Balaban J connectivity index is 2.66. The van der Waals surface area contributed by atoms with Gasteiger partial charge in [-0.05, 0) is 25.8 Å². The molecule has 0 spiro atoms. The highest BCUT2D eigenvalue weighted by Gasteiger charge is 2.02. The molecule has 1 aromatic rings.